The van der Waals surface area contributed by atoms with Crippen LogP contribution in [0, 0.1) is 12.8 Å². The van der Waals surface area contributed by atoms with E-state index < -0.39 is 0 Å². The number of nitrogens with zero attached hydrogens (tertiary/aromatic N) is 1. The number of piperidine rings is 1. The molecule has 1 saturated heterocycles. The zero-order chi connectivity index (χ0) is 12.4. The van der Waals surface area contributed by atoms with Crippen molar-refractivity contribution in [3.8, 4) is 0 Å². The lowest BCUT2D eigenvalue weighted by molar-refractivity contribution is 0.0670. The molecule has 2 heterocycles. The van der Waals surface area contributed by atoms with Gasteiger partial charge in [-0.3, -0.25) is 4.79 Å². The lowest BCUT2D eigenvalue weighted by Crippen LogP contribution is -2.43. The van der Waals surface area contributed by atoms with Crippen LogP contribution >= 0.6 is 12.2 Å². The molecular weight excluding hydrogens is 236 g/mol. The number of nitrogens with two attached hydrogens (primary N) is 1. The van der Waals surface area contributed by atoms with Crippen molar-refractivity contribution in [1.82, 2.24) is 4.90 Å². The fraction of sp³-hybridized carbons (Fsp3) is 0.500. The van der Waals surface area contributed by atoms with Gasteiger partial charge in [0.2, 0.25) is 0 Å². The fourth-order valence-corrected chi connectivity index (χ4v) is 2.32. The molecule has 17 heavy (non-hydrogen) atoms. The molecule has 0 radical (unpaired) electrons. The fourth-order valence-electron chi connectivity index (χ4n) is 2.13. The highest BCUT2D eigenvalue weighted by Gasteiger charge is 2.27. The van der Waals surface area contributed by atoms with E-state index in [1.54, 1.807) is 11.0 Å². The second-order valence-electron chi connectivity index (χ2n) is 4.43. The van der Waals surface area contributed by atoms with Crippen LogP contribution in [0.25, 0.3) is 0 Å². The first kappa shape index (κ1) is 12.1. The van der Waals surface area contributed by atoms with E-state index in [0.29, 0.717) is 17.3 Å². The molecule has 92 valence electrons. The van der Waals surface area contributed by atoms with Crippen molar-refractivity contribution in [3.05, 3.63) is 23.7 Å². The van der Waals surface area contributed by atoms with Gasteiger partial charge in [0.05, 0.1) is 11.3 Å². The van der Waals surface area contributed by atoms with Crippen molar-refractivity contribution in [1.29, 1.82) is 0 Å². The van der Waals surface area contributed by atoms with Crippen molar-refractivity contribution in [2.45, 2.75) is 19.8 Å². The third-order valence-electron chi connectivity index (χ3n) is 3.17. The van der Waals surface area contributed by atoms with Crippen molar-refractivity contribution < 1.29 is 9.21 Å². The highest BCUT2D eigenvalue weighted by molar-refractivity contribution is 7.80. The molecule has 0 aromatic carbocycles. The minimum Gasteiger partial charge on any atom is -0.459 e. The summed E-state index contributed by atoms with van der Waals surface area (Å²) in [6, 6.07) is 1.79. The van der Waals surface area contributed by atoms with Gasteiger partial charge in [-0.15, -0.1) is 0 Å². The molecular formula is C12H16N2O2S. The topological polar surface area (TPSA) is 59.5 Å². The summed E-state index contributed by atoms with van der Waals surface area (Å²) in [6.07, 6.45) is 3.45. The maximum Gasteiger partial charge on any atom is 0.289 e. The Kier molecular flexibility index (Phi) is 3.47. The zero-order valence-electron chi connectivity index (χ0n) is 9.81. The van der Waals surface area contributed by atoms with E-state index >= 15 is 0 Å². The van der Waals surface area contributed by atoms with Crippen molar-refractivity contribution in [2.75, 3.05) is 13.1 Å². The Bertz CT molecular complexity index is 441. The Morgan fingerprint density at radius 1 is 1.65 bits per heavy atom. The van der Waals surface area contributed by atoms with Gasteiger partial charge < -0.3 is 15.1 Å². The Labute approximate surface area is 106 Å². The number of aryl methyl sites for hydroxylation is 1. The summed E-state index contributed by atoms with van der Waals surface area (Å²) < 4.78 is 5.22. The van der Waals surface area contributed by atoms with Crippen LogP contribution in [0.15, 0.2) is 16.7 Å². The maximum atomic E-state index is 12.2. The minimum atomic E-state index is -0.0616. The van der Waals surface area contributed by atoms with Crippen LogP contribution in [0.2, 0.25) is 0 Å². The molecule has 0 saturated carbocycles. The van der Waals surface area contributed by atoms with Gasteiger partial charge in [0.25, 0.3) is 5.91 Å². The van der Waals surface area contributed by atoms with Crippen LogP contribution in [0.1, 0.15) is 29.0 Å². The maximum absolute atomic E-state index is 12.2. The molecule has 1 fully saturated rings. The van der Waals surface area contributed by atoms with E-state index in [-0.39, 0.29) is 11.8 Å². The molecule has 2 rings (SSSR count). The molecule has 4 nitrogen and oxygen atoms in total. The number of likely N-dealkylation sites (tertiary alicyclic amines) is 1. The number of amides is 1. The highest BCUT2D eigenvalue weighted by atomic mass is 32.1. The summed E-state index contributed by atoms with van der Waals surface area (Å²) in [5.74, 6) is 0.500. The monoisotopic (exact) mass is 252 g/mol. The van der Waals surface area contributed by atoms with Crippen LogP contribution in [0.5, 0.6) is 0 Å². The number of carbonyl (C=O) groups excluding carboxylic acids is 1. The molecule has 1 amide bonds. The molecule has 1 aromatic rings. The average Bonchev–Trinajstić information content (AvgIpc) is 2.74. The summed E-state index contributed by atoms with van der Waals surface area (Å²) >= 11 is 5.00. The molecule has 1 aliphatic heterocycles. The van der Waals surface area contributed by atoms with Crippen LogP contribution in [-0.4, -0.2) is 28.9 Å². The number of furan rings is 1. The van der Waals surface area contributed by atoms with Gasteiger partial charge in [-0.1, -0.05) is 12.2 Å². The smallest absolute Gasteiger partial charge is 0.289 e. The number of hydrogen-bond acceptors (Lipinski definition) is 3. The van der Waals surface area contributed by atoms with E-state index in [9.17, 15) is 4.79 Å². The predicted molar refractivity (Wildman–Crippen MR) is 68.9 cm³/mol. The molecule has 1 atom stereocenters. The Hall–Kier alpha value is -1.36. The van der Waals surface area contributed by atoms with Crippen LogP contribution < -0.4 is 5.73 Å². The third kappa shape index (κ3) is 2.49. The molecule has 0 bridgehead atoms. The summed E-state index contributed by atoms with van der Waals surface area (Å²) in [7, 11) is 0. The van der Waals surface area contributed by atoms with Gasteiger partial charge in [0, 0.05) is 24.6 Å². The second-order valence-corrected chi connectivity index (χ2v) is 4.90. The average molecular weight is 252 g/mol. The van der Waals surface area contributed by atoms with E-state index in [4.69, 9.17) is 22.4 Å². The molecule has 5 heteroatoms. The summed E-state index contributed by atoms with van der Waals surface area (Å²) in [6.45, 7) is 3.22. The van der Waals surface area contributed by atoms with Crippen molar-refractivity contribution in [2.24, 2.45) is 11.7 Å². The van der Waals surface area contributed by atoms with Crippen LogP contribution in [0.3, 0.4) is 0 Å². The van der Waals surface area contributed by atoms with E-state index in [2.05, 4.69) is 0 Å². The van der Waals surface area contributed by atoms with Crippen LogP contribution in [-0.2, 0) is 0 Å². The molecule has 1 aliphatic rings. The van der Waals surface area contributed by atoms with E-state index in [1.165, 1.54) is 6.26 Å². The standard InChI is InChI=1S/C12H16N2O2S/c1-8-4-6-16-10(8)12(15)14-5-2-3-9(7-14)11(13)17/h4,6,9H,2-3,5,7H2,1H3,(H2,13,17). The normalized spacial score (nSPS) is 20.3. The lowest BCUT2D eigenvalue weighted by atomic mass is 9.98. The number of thiocarbonyl (C=S) groups is 1. The molecule has 1 unspecified atom stereocenters. The first-order chi connectivity index (χ1) is 8.09. The van der Waals surface area contributed by atoms with Gasteiger partial charge in [-0.05, 0) is 25.8 Å². The summed E-state index contributed by atoms with van der Waals surface area (Å²) in [5, 5.41) is 0. The first-order valence-electron chi connectivity index (χ1n) is 5.72. The Morgan fingerprint density at radius 2 is 2.41 bits per heavy atom. The quantitative estimate of drug-likeness (QED) is 0.814. The third-order valence-corrected chi connectivity index (χ3v) is 3.50. The minimum absolute atomic E-state index is 0.0616. The van der Waals surface area contributed by atoms with Crippen molar-refractivity contribution in [3.63, 3.8) is 0 Å². The van der Waals surface area contributed by atoms with Gasteiger partial charge in [-0.25, -0.2) is 0 Å². The molecule has 2 N–H and O–H groups in total. The lowest BCUT2D eigenvalue weighted by Gasteiger charge is -2.31. The second kappa shape index (κ2) is 4.87. The predicted octanol–water partition coefficient (Wildman–Crippen LogP) is 1.73. The van der Waals surface area contributed by atoms with E-state index in [0.717, 1.165) is 24.9 Å². The largest absolute Gasteiger partial charge is 0.459 e. The molecule has 1 aromatic heterocycles. The van der Waals surface area contributed by atoms with Gasteiger partial charge in [-0.2, -0.15) is 0 Å². The zero-order valence-corrected chi connectivity index (χ0v) is 10.6. The number of rotatable bonds is 2. The summed E-state index contributed by atoms with van der Waals surface area (Å²) in [5.41, 5.74) is 6.52. The highest BCUT2D eigenvalue weighted by Crippen LogP contribution is 2.20. The van der Waals surface area contributed by atoms with Crippen LogP contribution in [0.4, 0.5) is 0 Å². The van der Waals surface area contributed by atoms with Gasteiger partial charge >= 0.3 is 0 Å². The number of hydrogen-bond donors (Lipinski definition) is 1. The van der Waals surface area contributed by atoms with E-state index in [1.807, 2.05) is 6.92 Å². The first-order valence-corrected chi connectivity index (χ1v) is 6.13. The van der Waals surface area contributed by atoms with Crippen molar-refractivity contribution >= 4 is 23.1 Å². The van der Waals surface area contributed by atoms with Gasteiger partial charge in [0.15, 0.2) is 5.76 Å². The van der Waals surface area contributed by atoms with Gasteiger partial charge in [0.1, 0.15) is 0 Å². The molecule has 0 spiro atoms. The molecule has 0 aliphatic carbocycles. The summed E-state index contributed by atoms with van der Waals surface area (Å²) in [4.78, 5) is 14.5. The Balaban J connectivity index is 2.10. The SMILES string of the molecule is Cc1ccoc1C(=O)N1CCCC(C(N)=S)C1. The number of carbonyl (C=O) groups is 1. The Morgan fingerprint density at radius 3 is 3.00 bits per heavy atom.